The van der Waals surface area contributed by atoms with Crippen molar-refractivity contribution in [3.8, 4) is 0 Å². The van der Waals surface area contributed by atoms with Crippen molar-refractivity contribution in [1.29, 1.82) is 0 Å². The molecule has 0 aliphatic heterocycles. The van der Waals surface area contributed by atoms with E-state index >= 15 is 0 Å². The van der Waals surface area contributed by atoms with Gasteiger partial charge >= 0.3 is 0 Å². The number of carbonyl (C=O) groups is 1. The molecule has 1 saturated carbocycles. The fraction of sp³-hybridized carbons (Fsp3) is 0.250. The standard InChI is InChI=1S/C20H21N3O3S/c24-20(22-15-10-11-15)19(23-27(25,26)16-6-2-1-3-7-16)12-14-13-21-18-9-5-4-8-17(14)18/h1-9,13,15,19,21,23H,10-12H2,(H,22,24)/t19-/m0/s1. The number of H-pyrrole nitrogens is 1. The Bertz CT molecular complexity index is 1060. The second kappa shape index (κ2) is 7.17. The highest BCUT2D eigenvalue weighted by molar-refractivity contribution is 7.89. The first-order chi connectivity index (χ1) is 13.0. The number of hydrogen-bond acceptors (Lipinski definition) is 3. The highest BCUT2D eigenvalue weighted by Gasteiger charge is 2.31. The Morgan fingerprint density at radius 2 is 1.78 bits per heavy atom. The Balaban J connectivity index is 1.61. The van der Waals surface area contributed by atoms with Crippen LogP contribution < -0.4 is 10.0 Å². The van der Waals surface area contributed by atoms with Gasteiger partial charge in [-0.2, -0.15) is 4.72 Å². The molecule has 27 heavy (non-hydrogen) atoms. The molecule has 0 radical (unpaired) electrons. The van der Waals surface area contributed by atoms with Gasteiger partial charge in [0.25, 0.3) is 0 Å². The number of para-hydroxylation sites is 1. The zero-order chi connectivity index (χ0) is 18.9. The quantitative estimate of drug-likeness (QED) is 0.585. The van der Waals surface area contributed by atoms with E-state index in [-0.39, 0.29) is 23.3 Å². The van der Waals surface area contributed by atoms with Gasteiger partial charge in [-0.3, -0.25) is 4.79 Å². The Hall–Kier alpha value is -2.64. The van der Waals surface area contributed by atoms with Crippen LogP contribution in [0, 0.1) is 0 Å². The van der Waals surface area contributed by atoms with Crippen LogP contribution in [0.15, 0.2) is 65.7 Å². The Labute approximate surface area is 158 Å². The molecule has 140 valence electrons. The normalized spacial score (nSPS) is 15.6. The Morgan fingerprint density at radius 3 is 2.52 bits per heavy atom. The number of fused-ring (bicyclic) bond motifs is 1. The monoisotopic (exact) mass is 383 g/mol. The second-order valence-electron chi connectivity index (χ2n) is 6.83. The van der Waals surface area contributed by atoms with E-state index < -0.39 is 16.1 Å². The van der Waals surface area contributed by atoms with Gasteiger partial charge in [0.2, 0.25) is 15.9 Å². The van der Waals surface area contributed by atoms with Gasteiger partial charge in [-0.05, 0) is 43.0 Å². The lowest BCUT2D eigenvalue weighted by atomic mass is 10.1. The molecule has 1 fully saturated rings. The Morgan fingerprint density at radius 1 is 1.07 bits per heavy atom. The average Bonchev–Trinajstić information content (AvgIpc) is 3.40. The van der Waals surface area contributed by atoms with E-state index in [0.29, 0.717) is 0 Å². The van der Waals surface area contributed by atoms with Crippen LogP contribution in [-0.4, -0.2) is 31.4 Å². The van der Waals surface area contributed by atoms with Crippen molar-refractivity contribution in [2.24, 2.45) is 0 Å². The molecule has 6 nitrogen and oxygen atoms in total. The summed E-state index contributed by atoms with van der Waals surface area (Å²) in [6, 6.07) is 15.1. The van der Waals surface area contributed by atoms with E-state index in [4.69, 9.17) is 0 Å². The maximum absolute atomic E-state index is 12.7. The number of carbonyl (C=O) groups excluding carboxylic acids is 1. The van der Waals surface area contributed by atoms with Gasteiger partial charge in [0, 0.05) is 23.1 Å². The molecule has 1 aliphatic rings. The van der Waals surface area contributed by atoms with Gasteiger partial charge in [-0.1, -0.05) is 36.4 Å². The van der Waals surface area contributed by atoms with Gasteiger partial charge in [0.05, 0.1) is 4.90 Å². The minimum absolute atomic E-state index is 0.146. The van der Waals surface area contributed by atoms with Crippen LogP contribution in [0.5, 0.6) is 0 Å². The van der Waals surface area contributed by atoms with Crippen LogP contribution in [0.2, 0.25) is 0 Å². The summed E-state index contributed by atoms with van der Waals surface area (Å²) in [7, 11) is -3.80. The van der Waals surface area contributed by atoms with Crippen molar-refractivity contribution in [3.05, 3.63) is 66.4 Å². The molecule has 1 amide bonds. The summed E-state index contributed by atoms with van der Waals surface area (Å²) < 4.78 is 28.1. The van der Waals surface area contributed by atoms with Crippen LogP contribution >= 0.6 is 0 Å². The number of nitrogens with one attached hydrogen (secondary N) is 3. The third kappa shape index (κ3) is 4.04. The molecule has 0 unspecified atom stereocenters. The van der Waals surface area contributed by atoms with Crippen molar-refractivity contribution in [2.45, 2.75) is 36.2 Å². The molecule has 0 spiro atoms. The third-order valence-electron chi connectivity index (χ3n) is 4.69. The molecule has 1 aromatic heterocycles. The molecular weight excluding hydrogens is 362 g/mol. The zero-order valence-electron chi connectivity index (χ0n) is 14.7. The van der Waals surface area contributed by atoms with E-state index in [0.717, 1.165) is 29.3 Å². The maximum Gasteiger partial charge on any atom is 0.241 e. The van der Waals surface area contributed by atoms with E-state index in [1.54, 1.807) is 18.2 Å². The van der Waals surface area contributed by atoms with Crippen molar-refractivity contribution in [2.75, 3.05) is 0 Å². The lowest BCUT2D eigenvalue weighted by molar-refractivity contribution is -0.122. The molecule has 3 aromatic rings. The fourth-order valence-electron chi connectivity index (χ4n) is 3.09. The molecule has 3 N–H and O–H groups in total. The molecule has 0 saturated heterocycles. The van der Waals surface area contributed by atoms with Crippen LogP contribution in [0.1, 0.15) is 18.4 Å². The van der Waals surface area contributed by atoms with Gasteiger partial charge in [0.15, 0.2) is 0 Å². The summed E-state index contributed by atoms with van der Waals surface area (Å²) in [4.78, 5) is 16.0. The number of aromatic amines is 1. The predicted molar refractivity (Wildman–Crippen MR) is 104 cm³/mol. The molecule has 0 bridgehead atoms. The van der Waals surface area contributed by atoms with E-state index in [9.17, 15) is 13.2 Å². The molecule has 2 aromatic carbocycles. The summed E-state index contributed by atoms with van der Waals surface area (Å²) >= 11 is 0. The summed E-state index contributed by atoms with van der Waals surface area (Å²) in [6.07, 6.45) is 3.99. The number of amides is 1. The van der Waals surface area contributed by atoms with Crippen molar-refractivity contribution >= 4 is 26.8 Å². The van der Waals surface area contributed by atoms with E-state index in [2.05, 4.69) is 15.0 Å². The van der Waals surface area contributed by atoms with Crippen LogP contribution in [0.4, 0.5) is 0 Å². The Kier molecular flexibility index (Phi) is 4.72. The minimum atomic E-state index is -3.80. The number of aromatic nitrogens is 1. The highest BCUT2D eigenvalue weighted by Crippen LogP contribution is 2.22. The molecule has 7 heteroatoms. The van der Waals surface area contributed by atoms with Crippen LogP contribution in [0.3, 0.4) is 0 Å². The summed E-state index contributed by atoms with van der Waals surface area (Å²) in [5, 5.41) is 3.90. The molecule has 1 aliphatic carbocycles. The number of sulfonamides is 1. The molecule has 4 rings (SSSR count). The molecule has 1 atom stereocenters. The van der Waals surface area contributed by atoms with Gasteiger partial charge in [-0.15, -0.1) is 0 Å². The van der Waals surface area contributed by atoms with Crippen molar-refractivity contribution in [3.63, 3.8) is 0 Å². The number of hydrogen-bond donors (Lipinski definition) is 3. The maximum atomic E-state index is 12.7. The first kappa shape index (κ1) is 17.8. The van der Waals surface area contributed by atoms with Crippen molar-refractivity contribution in [1.82, 2.24) is 15.0 Å². The molecular formula is C20H21N3O3S. The smallest absolute Gasteiger partial charge is 0.241 e. The lowest BCUT2D eigenvalue weighted by Crippen LogP contribution is -2.48. The fourth-order valence-corrected chi connectivity index (χ4v) is 4.31. The predicted octanol–water partition coefficient (Wildman–Crippen LogP) is 2.34. The zero-order valence-corrected chi connectivity index (χ0v) is 15.5. The van der Waals surface area contributed by atoms with E-state index in [1.807, 2.05) is 30.5 Å². The highest BCUT2D eigenvalue weighted by atomic mass is 32.2. The minimum Gasteiger partial charge on any atom is -0.361 e. The first-order valence-corrected chi connectivity index (χ1v) is 10.4. The largest absolute Gasteiger partial charge is 0.361 e. The second-order valence-corrected chi connectivity index (χ2v) is 8.55. The topological polar surface area (TPSA) is 91.1 Å². The van der Waals surface area contributed by atoms with Gasteiger partial charge < -0.3 is 10.3 Å². The average molecular weight is 383 g/mol. The molecule has 1 heterocycles. The van der Waals surface area contributed by atoms with Crippen LogP contribution in [-0.2, 0) is 21.2 Å². The van der Waals surface area contributed by atoms with Crippen LogP contribution in [0.25, 0.3) is 10.9 Å². The van der Waals surface area contributed by atoms with Gasteiger partial charge in [0.1, 0.15) is 6.04 Å². The first-order valence-electron chi connectivity index (χ1n) is 8.96. The SMILES string of the molecule is O=C(NC1CC1)[C@H](Cc1c[nH]c2ccccc12)NS(=O)(=O)c1ccccc1. The number of rotatable bonds is 7. The third-order valence-corrected chi connectivity index (χ3v) is 6.18. The summed E-state index contributed by atoms with van der Waals surface area (Å²) in [5.74, 6) is -0.290. The van der Waals surface area contributed by atoms with Crippen molar-refractivity contribution < 1.29 is 13.2 Å². The summed E-state index contributed by atoms with van der Waals surface area (Å²) in [6.45, 7) is 0. The lowest BCUT2D eigenvalue weighted by Gasteiger charge is -2.18. The number of benzene rings is 2. The van der Waals surface area contributed by atoms with E-state index in [1.165, 1.54) is 12.1 Å². The summed E-state index contributed by atoms with van der Waals surface area (Å²) in [5.41, 5.74) is 1.86. The van der Waals surface area contributed by atoms with Gasteiger partial charge in [-0.25, -0.2) is 8.42 Å².